The van der Waals surface area contributed by atoms with Crippen LogP contribution in [0.15, 0.2) is 27.4 Å². The number of hydrogen-bond acceptors (Lipinski definition) is 8. The summed E-state index contributed by atoms with van der Waals surface area (Å²) in [6.07, 6.45) is 0. The largest absolute Gasteiger partial charge is 0.304 e. The molecule has 1 saturated heterocycles. The molecule has 3 rings (SSSR count). The van der Waals surface area contributed by atoms with Crippen molar-refractivity contribution in [1.82, 2.24) is 19.4 Å². The summed E-state index contributed by atoms with van der Waals surface area (Å²) in [6, 6.07) is 4.17. The number of carbonyl (C=O) groups excluding carboxylic acids is 1. The van der Waals surface area contributed by atoms with Crippen LogP contribution in [-0.2, 0) is 10.0 Å². The molecule has 8 nitrogen and oxygen atoms in total. The van der Waals surface area contributed by atoms with E-state index in [-0.39, 0.29) is 15.5 Å². The normalized spacial score (nSPS) is 16.2. The van der Waals surface area contributed by atoms with Crippen molar-refractivity contribution in [3.63, 3.8) is 0 Å². The number of rotatable bonds is 6. The van der Waals surface area contributed by atoms with Gasteiger partial charge in [0.05, 0.1) is 15.5 Å². The molecule has 2 aromatic rings. The fourth-order valence-electron chi connectivity index (χ4n) is 2.62. The monoisotopic (exact) mass is 461 g/mol. The lowest BCUT2D eigenvalue weighted by atomic mass is 10.2. The molecule has 1 aromatic carbocycles. The number of amides is 1. The third-order valence-corrected chi connectivity index (χ3v) is 8.26. The zero-order chi connectivity index (χ0) is 20.3. The smallest absolute Gasteiger partial charge is 0.259 e. The van der Waals surface area contributed by atoms with Crippen LogP contribution in [0, 0.1) is 0 Å². The van der Waals surface area contributed by atoms with Crippen molar-refractivity contribution >= 4 is 55.8 Å². The summed E-state index contributed by atoms with van der Waals surface area (Å²) in [4.78, 5) is 14.7. The third kappa shape index (κ3) is 4.84. The molecule has 1 amide bonds. The highest BCUT2D eigenvalue weighted by Crippen LogP contribution is 2.27. The predicted octanol–water partition coefficient (Wildman–Crippen LogP) is 2.49. The molecule has 1 aliphatic heterocycles. The van der Waals surface area contributed by atoms with Gasteiger partial charge >= 0.3 is 0 Å². The first-order chi connectivity index (χ1) is 13.3. The molecule has 2 heterocycles. The van der Waals surface area contributed by atoms with E-state index in [2.05, 4.69) is 20.4 Å². The number of sulfonamides is 1. The average Bonchev–Trinajstić information content (AvgIpc) is 3.09. The van der Waals surface area contributed by atoms with Gasteiger partial charge < -0.3 is 4.90 Å². The van der Waals surface area contributed by atoms with Crippen LogP contribution in [0.3, 0.4) is 0 Å². The number of hydrogen-bond donors (Lipinski definition) is 1. The zero-order valence-electron chi connectivity index (χ0n) is 15.4. The van der Waals surface area contributed by atoms with E-state index >= 15 is 0 Å². The highest BCUT2D eigenvalue weighted by molar-refractivity contribution is 8.01. The van der Waals surface area contributed by atoms with Gasteiger partial charge in [0.1, 0.15) is 0 Å². The summed E-state index contributed by atoms with van der Waals surface area (Å²) >= 11 is 8.93. The number of benzene rings is 1. The van der Waals surface area contributed by atoms with Gasteiger partial charge in [0, 0.05) is 26.2 Å². The zero-order valence-corrected chi connectivity index (χ0v) is 18.6. The van der Waals surface area contributed by atoms with E-state index in [0.717, 1.165) is 10.1 Å². The van der Waals surface area contributed by atoms with Gasteiger partial charge in [0.25, 0.3) is 5.91 Å². The van der Waals surface area contributed by atoms with Gasteiger partial charge in [-0.05, 0) is 31.0 Å². The van der Waals surface area contributed by atoms with E-state index in [9.17, 15) is 13.2 Å². The van der Waals surface area contributed by atoms with E-state index < -0.39 is 15.9 Å². The summed E-state index contributed by atoms with van der Waals surface area (Å²) < 4.78 is 28.0. The minimum absolute atomic E-state index is 0.0473. The average molecular weight is 462 g/mol. The molecule has 1 fully saturated rings. The van der Waals surface area contributed by atoms with E-state index in [1.807, 2.05) is 14.0 Å². The molecule has 0 atom stereocenters. The van der Waals surface area contributed by atoms with Crippen molar-refractivity contribution in [2.45, 2.75) is 16.2 Å². The molecule has 1 aromatic heterocycles. The molecule has 152 valence electrons. The molecular formula is C16H20ClN5O3S3. The van der Waals surface area contributed by atoms with Crippen LogP contribution in [0.5, 0.6) is 0 Å². The van der Waals surface area contributed by atoms with Crippen LogP contribution in [0.1, 0.15) is 17.3 Å². The predicted molar refractivity (Wildman–Crippen MR) is 112 cm³/mol. The van der Waals surface area contributed by atoms with Crippen molar-refractivity contribution in [3.05, 3.63) is 28.8 Å². The second-order valence-electron chi connectivity index (χ2n) is 6.11. The quantitative estimate of drug-likeness (QED) is 0.521. The number of anilines is 1. The third-order valence-electron chi connectivity index (χ3n) is 4.18. The molecule has 0 spiro atoms. The first kappa shape index (κ1) is 21.5. The number of carbonyl (C=O) groups is 1. The highest BCUT2D eigenvalue weighted by Gasteiger charge is 2.28. The molecule has 0 unspecified atom stereocenters. The van der Waals surface area contributed by atoms with Crippen LogP contribution in [0.4, 0.5) is 5.13 Å². The Morgan fingerprint density at radius 3 is 2.68 bits per heavy atom. The molecular weight excluding hydrogens is 442 g/mol. The number of aromatic nitrogens is 2. The fourth-order valence-corrected chi connectivity index (χ4v) is 5.92. The Balaban J connectivity index is 1.81. The molecule has 1 N–H and O–H groups in total. The summed E-state index contributed by atoms with van der Waals surface area (Å²) in [5.41, 5.74) is 0.0803. The Kier molecular flexibility index (Phi) is 6.94. The first-order valence-electron chi connectivity index (χ1n) is 8.57. The van der Waals surface area contributed by atoms with Crippen molar-refractivity contribution in [2.75, 3.05) is 44.3 Å². The molecule has 1 aliphatic rings. The minimum atomic E-state index is -3.69. The van der Waals surface area contributed by atoms with Gasteiger partial charge in [-0.1, -0.05) is 41.6 Å². The lowest BCUT2D eigenvalue weighted by Crippen LogP contribution is -2.47. The van der Waals surface area contributed by atoms with Crippen LogP contribution in [0.25, 0.3) is 0 Å². The number of thioether (sulfide) groups is 1. The molecule has 0 bridgehead atoms. The summed E-state index contributed by atoms with van der Waals surface area (Å²) in [6.45, 7) is 4.14. The van der Waals surface area contributed by atoms with E-state index in [0.29, 0.717) is 31.3 Å². The highest BCUT2D eigenvalue weighted by atomic mass is 35.5. The van der Waals surface area contributed by atoms with Gasteiger partial charge in [-0.3, -0.25) is 10.1 Å². The molecule has 0 aliphatic carbocycles. The Bertz CT molecular complexity index is 958. The Morgan fingerprint density at radius 2 is 2.00 bits per heavy atom. The van der Waals surface area contributed by atoms with Crippen LogP contribution < -0.4 is 5.32 Å². The van der Waals surface area contributed by atoms with Gasteiger partial charge in [0.15, 0.2) is 4.34 Å². The minimum Gasteiger partial charge on any atom is -0.304 e. The second-order valence-corrected chi connectivity index (χ2v) is 10.9. The van der Waals surface area contributed by atoms with E-state index in [4.69, 9.17) is 11.6 Å². The summed E-state index contributed by atoms with van der Waals surface area (Å²) in [7, 11) is -1.74. The lowest BCUT2D eigenvalue weighted by Gasteiger charge is -2.31. The Morgan fingerprint density at radius 1 is 1.29 bits per heavy atom. The molecule has 0 saturated carbocycles. The van der Waals surface area contributed by atoms with Gasteiger partial charge in [0.2, 0.25) is 15.2 Å². The maximum atomic E-state index is 12.9. The van der Waals surface area contributed by atoms with Gasteiger partial charge in [-0.2, -0.15) is 4.31 Å². The maximum absolute atomic E-state index is 12.9. The van der Waals surface area contributed by atoms with Crippen LogP contribution in [-0.4, -0.2) is 72.7 Å². The van der Waals surface area contributed by atoms with Crippen LogP contribution >= 0.6 is 34.7 Å². The standard InChI is InChI=1S/C16H20ClN5O3S3/c1-3-26-16-20-19-15(27-16)18-14(23)12-10-11(4-5-13(12)17)28(24,25)22-8-6-21(2)7-9-22/h4-5,10H,3,6-9H2,1-2H3,(H,18,19,23). The first-order valence-corrected chi connectivity index (χ1v) is 12.2. The van der Waals surface area contributed by atoms with Crippen molar-refractivity contribution in [1.29, 1.82) is 0 Å². The van der Waals surface area contributed by atoms with E-state index in [1.54, 1.807) is 0 Å². The van der Waals surface area contributed by atoms with Crippen molar-refractivity contribution in [3.8, 4) is 0 Å². The lowest BCUT2D eigenvalue weighted by molar-refractivity contribution is 0.102. The van der Waals surface area contributed by atoms with Crippen molar-refractivity contribution < 1.29 is 13.2 Å². The fraction of sp³-hybridized carbons (Fsp3) is 0.438. The second kappa shape index (κ2) is 9.06. The SMILES string of the molecule is CCSc1nnc(NC(=O)c2cc(S(=O)(=O)N3CCN(C)CC3)ccc2Cl)s1. The number of likely N-dealkylation sites (N-methyl/N-ethyl adjacent to an activating group) is 1. The molecule has 0 radical (unpaired) electrons. The van der Waals surface area contributed by atoms with Gasteiger partial charge in [-0.25, -0.2) is 8.42 Å². The Labute approximate surface area is 177 Å². The number of piperazine rings is 1. The molecule has 28 heavy (non-hydrogen) atoms. The van der Waals surface area contributed by atoms with Gasteiger partial charge in [-0.15, -0.1) is 10.2 Å². The summed E-state index contributed by atoms with van der Waals surface area (Å²) in [5.74, 6) is 0.324. The number of nitrogens with one attached hydrogen (secondary N) is 1. The summed E-state index contributed by atoms with van der Waals surface area (Å²) in [5, 5.41) is 11.0. The maximum Gasteiger partial charge on any atom is 0.259 e. The number of halogens is 1. The van der Waals surface area contributed by atoms with Crippen molar-refractivity contribution in [2.24, 2.45) is 0 Å². The number of nitrogens with zero attached hydrogens (tertiary/aromatic N) is 4. The van der Waals surface area contributed by atoms with Crippen LogP contribution in [0.2, 0.25) is 5.02 Å². The molecule has 12 heteroatoms. The Hall–Kier alpha value is -1.24. The topological polar surface area (TPSA) is 95.5 Å². The van der Waals surface area contributed by atoms with E-state index in [1.165, 1.54) is 45.6 Å².